The Morgan fingerprint density at radius 2 is 1.93 bits per heavy atom. The predicted molar refractivity (Wildman–Crippen MR) is 107 cm³/mol. The van der Waals surface area contributed by atoms with Gasteiger partial charge in [0.25, 0.3) is 5.56 Å². The van der Waals surface area contributed by atoms with E-state index in [4.69, 9.17) is 5.11 Å². The number of hydrogen-bond acceptors (Lipinski definition) is 5. The molecule has 7 heteroatoms. The van der Waals surface area contributed by atoms with Gasteiger partial charge in [0.05, 0.1) is 6.61 Å². The molecule has 0 aromatic carbocycles. The molecular formula is C21H30N4O3. The number of nitrogens with zero attached hydrogens (tertiary/aromatic N) is 4. The Balaban J connectivity index is 1.29. The molecule has 1 amide bonds. The summed E-state index contributed by atoms with van der Waals surface area (Å²) in [5, 5.41) is 9.01. The summed E-state index contributed by atoms with van der Waals surface area (Å²) >= 11 is 0. The van der Waals surface area contributed by atoms with Gasteiger partial charge in [-0.3, -0.25) is 19.4 Å². The summed E-state index contributed by atoms with van der Waals surface area (Å²) in [4.78, 5) is 31.0. The fourth-order valence-electron chi connectivity index (χ4n) is 4.89. The maximum absolute atomic E-state index is 12.4. The number of rotatable bonds is 5. The molecule has 28 heavy (non-hydrogen) atoms. The number of aromatic nitrogens is 1. The lowest BCUT2D eigenvalue weighted by Gasteiger charge is -2.42. The highest BCUT2D eigenvalue weighted by atomic mass is 16.3. The number of piperazine rings is 1. The van der Waals surface area contributed by atoms with Gasteiger partial charge in [-0.25, -0.2) is 0 Å². The molecule has 1 aromatic heterocycles. The molecule has 1 aromatic rings. The van der Waals surface area contributed by atoms with Gasteiger partial charge in [0, 0.05) is 82.7 Å². The number of carbonyl (C=O) groups excluding carboxylic acids is 1. The van der Waals surface area contributed by atoms with E-state index in [-0.39, 0.29) is 18.1 Å². The van der Waals surface area contributed by atoms with Crippen LogP contribution in [0.2, 0.25) is 0 Å². The van der Waals surface area contributed by atoms with Crippen molar-refractivity contribution < 1.29 is 9.90 Å². The number of piperidine rings is 1. The third-order valence-corrected chi connectivity index (χ3v) is 6.28. The molecule has 0 radical (unpaired) electrons. The van der Waals surface area contributed by atoms with Crippen LogP contribution in [0.25, 0.3) is 0 Å². The van der Waals surface area contributed by atoms with E-state index in [1.807, 2.05) is 21.6 Å². The Labute approximate surface area is 165 Å². The average molecular weight is 386 g/mol. The molecule has 0 saturated carbocycles. The Kier molecular flexibility index (Phi) is 5.94. The predicted octanol–water partition coefficient (Wildman–Crippen LogP) is -0.0399. The van der Waals surface area contributed by atoms with Gasteiger partial charge < -0.3 is 14.6 Å². The van der Waals surface area contributed by atoms with Crippen molar-refractivity contribution in [3.63, 3.8) is 0 Å². The maximum Gasteiger partial charge on any atom is 0.250 e. The quantitative estimate of drug-likeness (QED) is 0.720. The number of aliphatic hydroxyl groups is 1. The van der Waals surface area contributed by atoms with Crippen molar-refractivity contribution >= 4 is 5.91 Å². The van der Waals surface area contributed by atoms with Gasteiger partial charge >= 0.3 is 0 Å². The van der Waals surface area contributed by atoms with Crippen LogP contribution >= 0.6 is 0 Å². The number of likely N-dealkylation sites (tertiary alicyclic amines) is 1. The molecule has 0 aliphatic carbocycles. The van der Waals surface area contributed by atoms with E-state index in [2.05, 4.69) is 15.9 Å². The highest BCUT2D eigenvalue weighted by Crippen LogP contribution is 2.34. The second-order valence-electron chi connectivity index (χ2n) is 8.21. The van der Waals surface area contributed by atoms with Crippen molar-refractivity contribution in [1.82, 2.24) is 19.3 Å². The zero-order valence-electron chi connectivity index (χ0n) is 16.4. The van der Waals surface area contributed by atoms with Gasteiger partial charge in [-0.1, -0.05) is 12.1 Å². The number of hydrogen-bond donors (Lipinski definition) is 1. The summed E-state index contributed by atoms with van der Waals surface area (Å²) < 4.78 is 1.95. The molecule has 3 aliphatic heterocycles. The van der Waals surface area contributed by atoms with E-state index in [1.54, 1.807) is 12.1 Å². The molecule has 7 nitrogen and oxygen atoms in total. The molecule has 0 spiro atoms. The fraction of sp³-hybridized carbons (Fsp3) is 0.619. The third-order valence-electron chi connectivity index (χ3n) is 6.28. The minimum absolute atomic E-state index is 0.0812. The number of fused-ring (bicyclic) bond motifs is 4. The van der Waals surface area contributed by atoms with Crippen molar-refractivity contribution in [1.29, 1.82) is 0 Å². The van der Waals surface area contributed by atoms with Crippen molar-refractivity contribution in [2.75, 3.05) is 59.0 Å². The molecule has 4 rings (SSSR count). The van der Waals surface area contributed by atoms with Gasteiger partial charge in [0.15, 0.2) is 0 Å². The number of pyridine rings is 1. The monoisotopic (exact) mass is 386 g/mol. The SMILES string of the molecule is O=C(/C=C/CN1C[C@@H]2C[C@H](C1)c1cccc(=O)n1C2)N1CCN(CCO)CC1. The molecule has 4 heterocycles. The van der Waals surface area contributed by atoms with Crippen molar-refractivity contribution in [2.45, 2.75) is 18.9 Å². The third kappa shape index (κ3) is 4.21. The van der Waals surface area contributed by atoms with E-state index >= 15 is 0 Å². The van der Waals surface area contributed by atoms with Gasteiger partial charge in [-0.15, -0.1) is 0 Å². The number of β-amino-alcohol motifs (C(OH)–C–C–N with tert-alkyl or cyclic N) is 1. The minimum atomic E-state index is 0.0812. The molecule has 3 aliphatic rings. The first-order valence-electron chi connectivity index (χ1n) is 10.3. The summed E-state index contributed by atoms with van der Waals surface area (Å²) in [5.74, 6) is 0.998. The van der Waals surface area contributed by atoms with Crippen LogP contribution in [0, 0.1) is 5.92 Å². The molecule has 0 unspecified atom stereocenters. The average Bonchev–Trinajstić information content (AvgIpc) is 2.69. The molecule has 1 N–H and O–H groups in total. The summed E-state index contributed by atoms with van der Waals surface area (Å²) in [6, 6.07) is 5.61. The first-order chi connectivity index (χ1) is 13.6. The lowest BCUT2D eigenvalue weighted by molar-refractivity contribution is -0.127. The van der Waals surface area contributed by atoms with Crippen LogP contribution in [0.1, 0.15) is 18.0 Å². The second-order valence-corrected chi connectivity index (χ2v) is 8.21. The maximum atomic E-state index is 12.4. The number of carbonyl (C=O) groups is 1. The molecule has 2 atom stereocenters. The van der Waals surface area contributed by atoms with Crippen LogP contribution in [0.4, 0.5) is 0 Å². The van der Waals surface area contributed by atoms with Crippen LogP contribution < -0.4 is 5.56 Å². The Hall–Kier alpha value is -1.96. The second kappa shape index (κ2) is 8.59. The van der Waals surface area contributed by atoms with E-state index in [0.717, 1.165) is 64.5 Å². The summed E-state index contributed by atoms with van der Waals surface area (Å²) in [7, 11) is 0. The summed E-state index contributed by atoms with van der Waals surface area (Å²) in [6.07, 6.45) is 4.85. The molecular weight excluding hydrogens is 356 g/mol. The van der Waals surface area contributed by atoms with Gasteiger partial charge in [0.1, 0.15) is 0 Å². The van der Waals surface area contributed by atoms with Crippen molar-refractivity contribution in [3.05, 3.63) is 46.4 Å². The Morgan fingerprint density at radius 1 is 1.11 bits per heavy atom. The Morgan fingerprint density at radius 3 is 2.71 bits per heavy atom. The first kappa shape index (κ1) is 19.4. The fourth-order valence-corrected chi connectivity index (χ4v) is 4.89. The molecule has 2 saturated heterocycles. The lowest BCUT2D eigenvalue weighted by Crippen LogP contribution is -2.49. The minimum Gasteiger partial charge on any atom is -0.395 e. The smallest absolute Gasteiger partial charge is 0.250 e. The molecule has 2 bridgehead atoms. The van der Waals surface area contributed by atoms with E-state index in [9.17, 15) is 9.59 Å². The van der Waals surface area contributed by atoms with Gasteiger partial charge in [-0.05, 0) is 18.4 Å². The van der Waals surface area contributed by atoms with Crippen molar-refractivity contribution in [3.8, 4) is 0 Å². The van der Waals surface area contributed by atoms with E-state index < -0.39 is 0 Å². The van der Waals surface area contributed by atoms with Crippen molar-refractivity contribution in [2.24, 2.45) is 5.92 Å². The number of amides is 1. The van der Waals surface area contributed by atoms with Crippen LogP contribution in [0.5, 0.6) is 0 Å². The zero-order chi connectivity index (χ0) is 19.5. The topological polar surface area (TPSA) is 69.0 Å². The highest BCUT2D eigenvalue weighted by molar-refractivity contribution is 5.87. The normalized spacial score (nSPS) is 25.8. The van der Waals surface area contributed by atoms with Gasteiger partial charge in [-0.2, -0.15) is 0 Å². The summed E-state index contributed by atoms with van der Waals surface area (Å²) in [6.45, 7) is 7.47. The summed E-state index contributed by atoms with van der Waals surface area (Å²) in [5.41, 5.74) is 1.28. The molecule has 2 fully saturated rings. The van der Waals surface area contributed by atoms with Gasteiger partial charge in [0.2, 0.25) is 5.91 Å². The zero-order valence-corrected chi connectivity index (χ0v) is 16.4. The first-order valence-corrected chi connectivity index (χ1v) is 10.3. The highest BCUT2D eigenvalue weighted by Gasteiger charge is 2.33. The largest absolute Gasteiger partial charge is 0.395 e. The van der Waals surface area contributed by atoms with Crippen LogP contribution in [0.15, 0.2) is 35.1 Å². The van der Waals surface area contributed by atoms with Crippen LogP contribution in [0.3, 0.4) is 0 Å². The number of aliphatic hydroxyl groups excluding tert-OH is 1. The van der Waals surface area contributed by atoms with Crippen LogP contribution in [-0.4, -0.2) is 89.2 Å². The lowest BCUT2D eigenvalue weighted by atomic mass is 9.83. The Bertz CT molecular complexity index is 782. The van der Waals surface area contributed by atoms with E-state index in [1.165, 1.54) is 0 Å². The molecule has 152 valence electrons. The van der Waals surface area contributed by atoms with Crippen LogP contribution in [-0.2, 0) is 11.3 Å². The standard InChI is InChI=1S/C21H30N4O3/c26-12-11-22-7-9-24(10-8-22)20(27)5-2-6-23-14-17-13-18(16-23)19-3-1-4-21(28)25(19)15-17/h1-5,17-18,26H,6-16H2/b5-2+/t17-,18+/m0/s1. The van der Waals surface area contributed by atoms with E-state index in [0.29, 0.717) is 18.4 Å².